The fourth-order valence-corrected chi connectivity index (χ4v) is 5.73. The van der Waals surface area contributed by atoms with Gasteiger partial charge in [0, 0.05) is 0 Å². The van der Waals surface area contributed by atoms with Gasteiger partial charge in [0.05, 0.1) is 0 Å². The van der Waals surface area contributed by atoms with Gasteiger partial charge in [-0.3, -0.25) is 0 Å². The summed E-state index contributed by atoms with van der Waals surface area (Å²) in [6.45, 7) is 0. The Balaban J connectivity index is 3.10. The van der Waals surface area contributed by atoms with Gasteiger partial charge in [0.15, 0.2) is 0 Å². The molecule has 5 heteroatoms. The molecular weight excluding hydrogens is 265 g/mol. The number of nitrogens with zero attached hydrogens (tertiary/aromatic N) is 3. The second kappa shape index (κ2) is 5.76. The number of halogens is 1. The number of allylic oxidation sites excluding steroid dienone is 1. The predicted octanol–water partition coefficient (Wildman–Crippen LogP) is 3.04. The third-order valence-corrected chi connectivity index (χ3v) is 11.6. The van der Waals surface area contributed by atoms with Gasteiger partial charge in [0.2, 0.25) is 0 Å². The van der Waals surface area contributed by atoms with Crippen molar-refractivity contribution < 1.29 is 0 Å². The standard InChI is InChI=1S/C13H24ClN3P/c1-15(2)18(14,16(3)4,17(5)6)12-11-13-9-7-8-10-13/h7-12H,1-6H3/b12-11+. The SMILES string of the molecule is CN(C)P(Cl)(/C=C/[C]1[CH][CH][CH][CH]1)(N(C)C)N(C)C. The normalized spacial score (nSPS) is 21.3. The molecule has 0 N–H and O–H groups in total. The summed E-state index contributed by atoms with van der Waals surface area (Å²) in [5.74, 6) is 3.32. The van der Waals surface area contributed by atoms with Crippen LogP contribution in [0.2, 0.25) is 0 Å². The van der Waals surface area contributed by atoms with E-state index in [4.69, 9.17) is 11.2 Å². The second-order valence-corrected chi connectivity index (χ2v) is 11.5. The van der Waals surface area contributed by atoms with E-state index in [1.165, 1.54) is 5.92 Å². The van der Waals surface area contributed by atoms with Crippen LogP contribution in [0.4, 0.5) is 0 Å². The molecule has 1 rings (SSSR count). The molecular formula is C13H24ClN3P. The molecule has 0 aliphatic heterocycles. The fourth-order valence-electron chi connectivity index (χ4n) is 2.19. The molecule has 0 spiro atoms. The van der Waals surface area contributed by atoms with Crippen LogP contribution in [0, 0.1) is 31.6 Å². The van der Waals surface area contributed by atoms with Crippen LogP contribution >= 0.6 is 17.6 Å². The monoisotopic (exact) mass is 288 g/mol. The quantitative estimate of drug-likeness (QED) is 0.720. The molecule has 0 aromatic rings. The number of rotatable bonds is 5. The fraction of sp³-hybridized carbons (Fsp3) is 0.462. The van der Waals surface area contributed by atoms with Crippen LogP contribution in [0.1, 0.15) is 0 Å². The summed E-state index contributed by atoms with van der Waals surface area (Å²) in [4.78, 5) is 0. The second-order valence-electron chi connectivity index (χ2n) is 5.01. The summed E-state index contributed by atoms with van der Waals surface area (Å²) in [6.07, 6.45) is 7.44. The molecule has 3 nitrogen and oxygen atoms in total. The summed E-state index contributed by atoms with van der Waals surface area (Å²) in [5.41, 5.74) is 0. The number of hydrogen-bond donors (Lipinski definition) is 0. The third kappa shape index (κ3) is 2.62. The van der Waals surface area contributed by atoms with Crippen LogP contribution in [-0.4, -0.2) is 56.3 Å². The van der Waals surface area contributed by atoms with E-state index in [-0.39, 0.29) is 0 Å². The van der Waals surface area contributed by atoms with Gasteiger partial charge in [-0.05, 0) is 0 Å². The molecule has 0 aromatic heterocycles. The molecule has 5 radical (unpaired) electrons. The Morgan fingerprint density at radius 3 is 1.61 bits per heavy atom. The van der Waals surface area contributed by atoms with Crippen LogP contribution in [-0.2, 0) is 0 Å². The number of hydrogen-bond acceptors (Lipinski definition) is 3. The van der Waals surface area contributed by atoms with Gasteiger partial charge in [0.25, 0.3) is 0 Å². The van der Waals surface area contributed by atoms with E-state index >= 15 is 0 Å². The maximum atomic E-state index is 7.14. The van der Waals surface area contributed by atoms with Crippen molar-refractivity contribution in [2.75, 3.05) is 42.3 Å². The Hall–Kier alpha value is 0.340. The first-order valence-corrected chi connectivity index (χ1v) is 8.98. The van der Waals surface area contributed by atoms with E-state index in [0.717, 1.165) is 0 Å². The Morgan fingerprint density at radius 1 is 0.889 bits per heavy atom. The molecule has 1 aliphatic rings. The van der Waals surface area contributed by atoms with E-state index in [9.17, 15) is 0 Å². The van der Waals surface area contributed by atoms with Crippen molar-refractivity contribution in [2.45, 2.75) is 0 Å². The molecule has 0 unspecified atom stereocenters. The zero-order valence-corrected chi connectivity index (χ0v) is 13.8. The van der Waals surface area contributed by atoms with Crippen molar-refractivity contribution in [1.29, 1.82) is 0 Å². The zero-order chi connectivity index (χ0) is 14.0. The van der Waals surface area contributed by atoms with Crippen LogP contribution in [0.3, 0.4) is 0 Å². The van der Waals surface area contributed by atoms with Crippen LogP contribution < -0.4 is 0 Å². The Bertz CT molecular complexity index is 285. The Morgan fingerprint density at radius 2 is 1.28 bits per heavy atom. The summed E-state index contributed by atoms with van der Waals surface area (Å²) < 4.78 is 6.35. The van der Waals surface area contributed by atoms with E-state index in [0.29, 0.717) is 0 Å². The van der Waals surface area contributed by atoms with Gasteiger partial charge < -0.3 is 0 Å². The summed E-state index contributed by atoms with van der Waals surface area (Å²) >= 11 is 7.14. The van der Waals surface area contributed by atoms with Crippen molar-refractivity contribution in [3.63, 3.8) is 0 Å². The molecule has 0 aromatic carbocycles. The van der Waals surface area contributed by atoms with Crippen LogP contribution in [0.15, 0.2) is 11.9 Å². The molecule has 18 heavy (non-hydrogen) atoms. The Labute approximate surface area is 118 Å². The van der Waals surface area contributed by atoms with E-state index in [1.54, 1.807) is 0 Å². The van der Waals surface area contributed by atoms with Crippen molar-refractivity contribution >= 4 is 17.6 Å². The van der Waals surface area contributed by atoms with Gasteiger partial charge >= 0.3 is 117 Å². The third-order valence-electron chi connectivity index (χ3n) is 3.43. The molecule has 0 saturated heterocycles. The minimum absolute atomic E-state index is 1.18. The van der Waals surface area contributed by atoms with Crippen molar-refractivity contribution in [1.82, 2.24) is 14.0 Å². The molecule has 1 saturated carbocycles. The topological polar surface area (TPSA) is 9.72 Å². The maximum absolute atomic E-state index is 7.14. The van der Waals surface area contributed by atoms with Crippen molar-refractivity contribution in [3.8, 4) is 0 Å². The first kappa shape index (κ1) is 16.4. The van der Waals surface area contributed by atoms with Gasteiger partial charge in [-0.25, -0.2) is 0 Å². The van der Waals surface area contributed by atoms with Gasteiger partial charge in [0.1, 0.15) is 0 Å². The molecule has 0 atom stereocenters. The average Bonchev–Trinajstić information content (AvgIpc) is 2.77. The minimum atomic E-state index is -2.88. The van der Waals surface area contributed by atoms with Crippen molar-refractivity contribution in [3.05, 3.63) is 43.5 Å². The molecule has 0 amide bonds. The van der Waals surface area contributed by atoms with Gasteiger partial charge in [-0.15, -0.1) is 0 Å². The van der Waals surface area contributed by atoms with E-state index in [1.807, 2.05) is 55.1 Å². The summed E-state index contributed by atoms with van der Waals surface area (Å²) in [5, 5.41) is 0. The average molecular weight is 289 g/mol. The zero-order valence-electron chi connectivity index (χ0n) is 12.1. The Kier molecular flexibility index (Phi) is 5.25. The van der Waals surface area contributed by atoms with Gasteiger partial charge in [-0.2, -0.15) is 0 Å². The summed E-state index contributed by atoms with van der Waals surface area (Å²) in [7, 11) is 12.2. The first-order chi connectivity index (χ1) is 8.23. The van der Waals surface area contributed by atoms with Crippen LogP contribution in [0.25, 0.3) is 0 Å². The molecule has 1 aliphatic carbocycles. The summed E-state index contributed by atoms with van der Waals surface area (Å²) in [6, 6.07) is 0. The first-order valence-electron chi connectivity index (χ1n) is 5.91. The van der Waals surface area contributed by atoms with E-state index < -0.39 is 6.41 Å². The predicted molar refractivity (Wildman–Crippen MR) is 83.4 cm³/mol. The molecule has 0 bridgehead atoms. The molecule has 1 fully saturated rings. The van der Waals surface area contributed by atoms with Crippen LogP contribution in [0.5, 0.6) is 0 Å². The van der Waals surface area contributed by atoms with Gasteiger partial charge in [-0.1, -0.05) is 0 Å². The molecule has 103 valence electrons. The van der Waals surface area contributed by atoms with Crippen molar-refractivity contribution in [2.24, 2.45) is 0 Å². The molecule has 0 heterocycles. The van der Waals surface area contributed by atoms with E-state index in [2.05, 4.69) is 38.7 Å².